The van der Waals surface area contributed by atoms with Gasteiger partial charge < -0.3 is 20.6 Å². The van der Waals surface area contributed by atoms with Crippen LogP contribution in [0.2, 0.25) is 0 Å². The molecule has 5 N–H and O–H groups in total. The fourth-order valence-corrected chi connectivity index (χ4v) is 7.03. The first kappa shape index (κ1) is 31.1. The number of carbonyl (C=O) groups excluding carboxylic acids is 3. The highest BCUT2D eigenvalue weighted by molar-refractivity contribution is 7.99. The Labute approximate surface area is 259 Å². The van der Waals surface area contributed by atoms with Gasteiger partial charge in [-0.05, 0) is 48.9 Å². The molecule has 10 nitrogen and oxygen atoms in total. The number of likely N-dealkylation sites (tertiary alicyclic amines) is 1. The van der Waals surface area contributed by atoms with E-state index in [1.165, 1.54) is 52.3 Å². The Bertz CT molecular complexity index is 1660. The maximum absolute atomic E-state index is 14.9. The van der Waals surface area contributed by atoms with E-state index in [-0.39, 0.29) is 45.8 Å². The minimum atomic E-state index is -3.17. The van der Waals surface area contributed by atoms with E-state index >= 15 is 0 Å². The third-order valence-corrected chi connectivity index (χ3v) is 9.84. The van der Waals surface area contributed by atoms with E-state index in [0.29, 0.717) is 29.0 Å². The first-order valence-corrected chi connectivity index (χ1v) is 15.8. The Morgan fingerprint density at radius 3 is 2.57 bits per heavy atom. The lowest BCUT2D eigenvalue weighted by atomic mass is 10.0. The van der Waals surface area contributed by atoms with E-state index in [4.69, 9.17) is 10.5 Å². The molecule has 2 aliphatic rings. The molecular weight excluding hydrogens is 612 g/mol. The van der Waals surface area contributed by atoms with Crippen molar-refractivity contribution in [2.75, 3.05) is 19.3 Å². The number of carbonyl (C=O) groups is 4. The summed E-state index contributed by atoms with van der Waals surface area (Å²) in [5.41, 5.74) is 0.834. The lowest BCUT2D eigenvalue weighted by molar-refractivity contribution is -0.137. The molecule has 0 saturated carbocycles. The number of hydrogen-bond acceptors (Lipinski definition) is 7. The zero-order valence-corrected chi connectivity index (χ0v) is 25.3. The Morgan fingerprint density at radius 2 is 1.84 bits per heavy atom. The van der Waals surface area contributed by atoms with Crippen molar-refractivity contribution in [3.05, 3.63) is 81.0 Å². The number of nitrogens with zero attached hydrogens (tertiary/aromatic N) is 1. The molecule has 0 spiro atoms. The number of amides is 4. The first-order valence-electron chi connectivity index (χ1n) is 13.6. The number of thioether (sulfide) groups is 1. The van der Waals surface area contributed by atoms with Crippen LogP contribution in [0, 0.1) is 5.41 Å². The molecule has 1 aliphatic heterocycles. The highest BCUT2D eigenvalue weighted by atomic mass is 32.2. The zero-order chi connectivity index (χ0) is 31.8. The number of fused-ring (bicyclic) bond motifs is 3. The molecule has 0 radical (unpaired) electrons. The van der Waals surface area contributed by atoms with E-state index < -0.39 is 35.9 Å². The summed E-state index contributed by atoms with van der Waals surface area (Å²) in [7, 11) is 0. The van der Waals surface area contributed by atoms with Crippen LogP contribution in [-0.4, -0.2) is 70.3 Å². The van der Waals surface area contributed by atoms with Crippen molar-refractivity contribution in [1.29, 1.82) is 5.41 Å². The van der Waals surface area contributed by atoms with E-state index in [2.05, 4.69) is 10.6 Å². The molecule has 1 fully saturated rings. The number of nitrogens with one attached hydrogen (secondary N) is 4. The average molecular weight is 642 g/mol. The second-order valence-electron chi connectivity index (χ2n) is 10.5. The third-order valence-electron chi connectivity index (χ3n) is 7.72. The number of hydrogen-bond donors (Lipinski definition) is 5. The van der Waals surface area contributed by atoms with Gasteiger partial charge in [-0.3, -0.25) is 25.1 Å². The topological polar surface area (TPSA) is 152 Å². The minimum absolute atomic E-state index is 0.00932. The summed E-state index contributed by atoms with van der Waals surface area (Å²) in [6.45, 7) is 1.68. The first-order chi connectivity index (χ1) is 20.9. The molecule has 1 aromatic heterocycles. The summed E-state index contributed by atoms with van der Waals surface area (Å²) in [4.78, 5) is 52.5. The smallest absolute Gasteiger partial charge is 0.410 e. The number of thiophene rings is 1. The van der Waals surface area contributed by atoms with Gasteiger partial charge in [0.2, 0.25) is 11.8 Å². The van der Waals surface area contributed by atoms with Gasteiger partial charge in [0.15, 0.2) is 0 Å². The molecule has 1 aliphatic carbocycles. The number of carboxylic acid groups (broad SMARTS) is 1. The van der Waals surface area contributed by atoms with Crippen LogP contribution in [0.15, 0.2) is 53.9 Å². The lowest BCUT2D eigenvalue weighted by Gasteiger charge is -2.25. The average Bonchev–Trinajstić information content (AvgIpc) is 3.72. The molecule has 2 aromatic carbocycles. The standard InChI is InChI=1S/C30H29F2N5O5S2/c1-15(24-10-17(14-44-24)26(33)36-29(41)42)35-28(40)23-11-18(43-2)13-37(23)25(38)12-34-27(39)16-7-8-22-20(9-16)19-5-3-4-6-21(19)30(22,31)32/h3-10,14-15,18,23H,11-13H2,1-2H3,(H2,33,36)(H,34,39)(H,35,40)(H,41,42)/t15?,18-,23+/m1/s1. The van der Waals surface area contributed by atoms with Gasteiger partial charge in [-0.1, -0.05) is 30.3 Å². The predicted molar refractivity (Wildman–Crippen MR) is 163 cm³/mol. The van der Waals surface area contributed by atoms with E-state index in [0.717, 1.165) is 0 Å². The van der Waals surface area contributed by atoms with Crippen molar-refractivity contribution in [3.8, 4) is 11.1 Å². The van der Waals surface area contributed by atoms with Gasteiger partial charge in [0.1, 0.15) is 11.9 Å². The van der Waals surface area contributed by atoms with Crippen LogP contribution < -0.4 is 16.0 Å². The molecule has 2 heterocycles. The molecule has 230 valence electrons. The van der Waals surface area contributed by atoms with E-state index in [9.17, 15) is 28.0 Å². The van der Waals surface area contributed by atoms with E-state index in [1.807, 2.05) is 11.6 Å². The summed E-state index contributed by atoms with van der Waals surface area (Å²) in [6, 6.07) is 10.5. The van der Waals surface area contributed by atoms with Crippen molar-refractivity contribution in [1.82, 2.24) is 20.9 Å². The summed E-state index contributed by atoms with van der Waals surface area (Å²) < 4.78 is 29.8. The highest BCUT2D eigenvalue weighted by Gasteiger charge is 2.44. The monoisotopic (exact) mass is 641 g/mol. The molecule has 1 unspecified atom stereocenters. The number of alkyl halides is 2. The van der Waals surface area contributed by atoms with Gasteiger partial charge in [0, 0.05) is 44.3 Å². The van der Waals surface area contributed by atoms with Crippen LogP contribution >= 0.6 is 23.1 Å². The Hall–Kier alpha value is -4.30. The number of amidine groups is 1. The second-order valence-corrected chi connectivity index (χ2v) is 12.6. The van der Waals surface area contributed by atoms with Gasteiger partial charge >= 0.3 is 6.09 Å². The fraction of sp³-hybridized carbons (Fsp3) is 0.300. The zero-order valence-electron chi connectivity index (χ0n) is 23.6. The summed E-state index contributed by atoms with van der Waals surface area (Å²) in [5, 5.41) is 25.8. The van der Waals surface area contributed by atoms with Crippen LogP contribution in [0.3, 0.4) is 0 Å². The Balaban J connectivity index is 1.23. The van der Waals surface area contributed by atoms with Crippen molar-refractivity contribution >= 4 is 52.7 Å². The van der Waals surface area contributed by atoms with Crippen molar-refractivity contribution in [3.63, 3.8) is 0 Å². The van der Waals surface area contributed by atoms with Gasteiger partial charge in [0.05, 0.1) is 12.6 Å². The van der Waals surface area contributed by atoms with Crippen LogP contribution in [0.1, 0.15) is 51.3 Å². The van der Waals surface area contributed by atoms with E-state index in [1.54, 1.807) is 36.6 Å². The molecule has 0 bridgehead atoms. The van der Waals surface area contributed by atoms with Crippen LogP contribution in [-0.2, 0) is 15.5 Å². The van der Waals surface area contributed by atoms with Crippen LogP contribution in [0.5, 0.6) is 0 Å². The molecule has 5 rings (SSSR count). The molecule has 3 aromatic rings. The number of rotatable bonds is 8. The molecule has 44 heavy (non-hydrogen) atoms. The third kappa shape index (κ3) is 6.04. The number of benzene rings is 2. The minimum Gasteiger partial charge on any atom is -0.465 e. The molecule has 4 amide bonds. The maximum atomic E-state index is 14.9. The highest BCUT2D eigenvalue weighted by Crippen LogP contribution is 2.50. The molecule has 1 saturated heterocycles. The van der Waals surface area contributed by atoms with Crippen LogP contribution in [0.4, 0.5) is 13.6 Å². The van der Waals surface area contributed by atoms with Crippen LogP contribution in [0.25, 0.3) is 11.1 Å². The molecular formula is C30H29F2N5O5S2. The quantitative estimate of drug-likeness (QED) is 0.182. The summed E-state index contributed by atoms with van der Waals surface area (Å²) in [5.74, 6) is -4.87. The SMILES string of the molecule is CS[C@@H]1C[C@@H](C(=O)NC(C)c2cc(C(=N)NC(=O)O)cs2)N(C(=O)CNC(=O)c2ccc3c(c2)-c2ccccc2C3(F)F)C1. The summed E-state index contributed by atoms with van der Waals surface area (Å²) in [6.07, 6.45) is 0.957. The van der Waals surface area contributed by atoms with Gasteiger partial charge in [-0.15, -0.1) is 11.3 Å². The number of halogens is 2. The second kappa shape index (κ2) is 12.4. The van der Waals surface area contributed by atoms with Gasteiger partial charge in [0.25, 0.3) is 11.8 Å². The van der Waals surface area contributed by atoms with Gasteiger partial charge in [-0.2, -0.15) is 20.5 Å². The van der Waals surface area contributed by atoms with Crippen molar-refractivity contribution < 1.29 is 33.1 Å². The predicted octanol–water partition coefficient (Wildman–Crippen LogP) is 4.40. The van der Waals surface area contributed by atoms with Crippen molar-refractivity contribution in [2.45, 2.75) is 36.6 Å². The van der Waals surface area contributed by atoms with Crippen molar-refractivity contribution in [2.24, 2.45) is 0 Å². The normalized spacial score (nSPS) is 18.6. The largest absolute Gasteiger partial charge is 0.465 e. The Kier molecular flexibility index (Phi) is 8.75. The maximum Gasteiger partial charge on any atom is 0.410 e. The summed E-state index contributed by atoms with van der Waals surface area (Å²) >= 11 is 2.79. The lowest BCUT2D eigenvalue weighted by Crippen LogP contribution is -2.49. The molecule has 14 heteroatoms. The van der Waals surface area contributed by atoms with Gasteiger partial charge in [-0.25, -0.2) is 4.79 Å². The fourth-order valence-electron chi connectivity index (χ4n) is 5.44. The molecule has 3 atom stereocenters. The Morgan fingerprint density at radius 1 is 1.11 bits per heavy atom.